The first-order valence-electron chi connectivity index (χ1n) is 8.80. The fourth-order valence-corrected chi connectivity index (χ4v) is 3.20. The molecule has 0 spiro atoms. The first kappa shape index (κ1) is 19.0. The van der Waals surface area contributed by atoms with Crippen LogP contribution in [0.3, 0.4) is 0 Å². The highest BCUT2D eigenvalue weighted by Crippen LogP contribution is 2.34. The summed E-state index contributed by atoms with van der Waals surface area (Å²) in [4.78, 5) is 0. The van der Waals surface area contributed by atoms with Crippen LogP contribution in [0.4, 0.5) is 0 Å². The molecule has 1 N–H and O–H groups in total. The van der Waals surface area contributed by atoms with Crippen molar-refractivity contribution < 1.29 is 24.1 Å². The summed E-state index contributed by atoms with van der Waals surface area (Å²) in [5.41, 5.74) is 2.08. The van der Waals surface area contributed by atoms with Crippen molar-refractivity contribution in [2.24, 2.45) is 0 Å². The predicted molar refractivity (Wildman–Crippen MR) is 97.4 cm³/mol. The van der Waals surface area contributed by atoms with Gasteiger partial charge < -0.3 is 24.1 Å². The second-order valence-corrected chi connectivity index (χ2v) is 6.64. The van der Waals surface area contributed by atoms with Gasteiger partial charge in [0.25, 0.3) is 0 Å². The maximum Gasteiger partial charge on any atom is 0.192 e. The van der Waals surface area contributed by atoms with E-state index in [2.05, 4.69) is 0 Å². The summed E-state index contributed by atoms with van der Waals surface area (Å²) >= 11 is 0. The predicted octanol–water partition coefficient (Wildman–Crippen LogP) is 2.91. The molecule has 0 amide bonds. The Hall–Kier alpha value is -1.76. The van der Waals surface area contributed by atoms with E-state index in [1.165, 1.54) is 0 Å². The average molecular weight is 358 g/mol. The molecule has 0 bridgehead atoms. The number of hydrogen-bond acceptors (Lipinski definition) is 5. The average Bonchev–Trinajstić information content (AvgIpc) is 2.89. The highest BCUT2D eigenvalue weighted by molar-refractivity contribution is 5.14. The minimum absolute atomic E-state index is 0.320. The fourth-order valence-electron chi connectivity index (χ4n) is 3.20. The third kappa shape index (κ3) is 4.69. The van der Waals surface area contributed by atoms with E-state index in [4.69, 9.17) is 18.9 Å². The van der Waals surface area contributed by atoms with Crippen molar-refractivity contribution in [2.45, 2.75) is 44.2 Å². The standard InChI is InChI=1S/C21H26O5/c1-21(22)20(25-14-17-11-7-4-8-12-17)19(18(26-21)15-23-2)24-13-16-9-5-3-6-10-16/h3-12,18-20,22H,13-15H2,1-2H3/t18-,19-,20-,21?/m1/s1. The SMILES string of the molecule is COC[C@H]1OC(C)(O)[C@H](OCc2ccccc2)[C@@H]1OCc1ccccc1. The molecule has 0 saturated carbocycles. The van der Waals surface area contributed by atoms with E-state index in [9.17, 15) is 5.11 Å². The number of ether oxygens (including phenoxy) is 4. The molecule has 3 rings (SSSR count). The molecule has 1 heterocycles. The number of rotatable bonds is 8. The maximum absolute atomic E-state index is 10.7. The van der Waals surface area contributed by atoms with Crippen molar-refractivity contribution >= 4 is 0 Å². The van der Waals surface area contributed by atoms with Crippen LogP contribution in [0.15, 0.2) is 60.7 Å². The van der Waals surface area contributed by atoms with Gasteiger partial charge in [-0.2, -0.15) is 0 Å². The molecular formula is C21H26O5. The molecule has 4 atom stereocenters. The van der Waals surface area contributed by atoms with E-state index in [1.807, 2.05) is 60.7 Å². The van der Waals surface area contributed by atoms with E-state index in [0.29, 0.717) is 19.8 Å². The van der Waals surface area contributed by atoms with E-state index in [-0.39, 0.29) is 0 Å². The number of methoxy groups -OCH3 is 1. The number of aliphatic hydroxyl groups is 1. The van der Waals surface area contributed by atoms with Crippen LogP contribution in [-0.4, -0.2) is 42.9 Å². The molecule has 1 fully saturated rings. The van der Waals surface area contributed by atoms with E-state index in [1.54, 1.807) is 14.0 Å². The molecule has 0 aromatic heterocycles. The van der Waals surface area contributed by atoms with Gasteiger partial charge >= 0.3 is 0 Å². The molecule has 1 aliphatic heterocycles. The van der Waals surface area contributed by atoms with Crippen LogP contribution in [-0.2, 0) is 32.2 Å². The van der Waals surface area contributed by atoms with E-state index < -0.39 is 24.1 Å². The summed E-state index contributed by atoms with van der Waals surface area (Å²) in [6.07, 6.45) is -1.46. The molecule has 0 radical (unpaired) electrons. The Morgan fingerprint density at radius 2 is 1.46 bits per heavy atom. The van der Waals surface area contributed by atoms with Crippen LogP contribution in [0.25, 0.3) is 0 Å². The van der Waals surface area contributed by atoms with E-state index >= 15 is 0 Å². The lowest BCUT2D eigenvalue weighted by Crippen LogP contribution is -2.44. The molecule has 2 aromatic rings. The lowest BCUT2D eigenvalue weighted by Gasteiger charge is -2.27. The zero-order valence-corrected chi connectivity index (χ0v) is 15.2. The summed E-state index contributed by atoms with van der Waals surface area (Å²) in [6.45, 7) is 2.71. The smallest absolute Gasteiger partial charge is 0.192 e. The van der Waals surface area contributed by atoms with Crippen molar-refractivity contribution in [2.75, 3.05) is 13.7 Å². The van der Waals surface area contributed by atoms with Crippen molar-refractivity contribution in [1.82, 2.24) is 0 Å². The zero-order valence-electron chi connectivity index (χ0n) is 15.2. The molecule has 1 unspecified atom stereocenters. The Balaban J connectivity index is 1.71. The molecule has 26 heavy (non-hydrogen) atoms. The Bertz CT molecular complexity index is 659. The highest BCUT2D eigenvalue weighted by atomic mass is 16.7. The minimum atomic E-state index is -1.45. The quantitative estimate of drug-likeness (QED) is 0.786. The third-order valence-corrected chi connectivity index (χ3v) is 4.47. The summed E-state index contributed by atoms with van der Waals surface area (Å²) < 4.78 is 23.1. The van der Waals surface area contributed by atoms with Gasteiger partial charge in [0.05, 0.1) is 19.8 Å². The van der Waals surface area contributed by atoms with Crippen molar-refractivity contribution in [1.29, 1.82) is 0 Å². The van der Waals surface area contributed by atoms with Gasteiger partial charge in [-0.25, -0.2) is 0 Å². The Morgan fingerprint density at radius 3 is 2.00 bits per heavy atom. The Morgan fingerprint density at radius 1 is 0.923 bits per heavy atom. The first-order valence-corrected chi connectivity index (χ1v) is 8.80. The molecule has 0 aliphatic carbocycles. The highest BCUT2D eigenvalue weighted by Gasteiger charge is 2.53. The molecule has 140 valence electrons. The van der Waals surface area contributed by atoms with Crippen molar-refractivity contribution in [3.05, 3.63) is 71.8 Å². The van der Waals surface area contributed by atoms with Gasteiger partial charge in [-0.05, 0) is 18.1 Å². The number of benzene rings is 2. The van der Waals surface area contributed by atoms with Gasteiger partial charge in [0, 0.05) is 7.11 Å². The van der Waals surface area contributed by atoms with Crippen LogP contribution in [0.1, 0.15) is 18.1 Å². The van der Waals surface area contributed by atoms with Gasteiger partial charge in [-0.3, -0.25) is 0 Å². The fraction of sp³-hybridized carbons (Fsp3) is 0.429. The van der Waals surface area contributed by atoms with Crippen LogP contribution in [0.5, 0.6) is 0 Å². The molecule has 1 aliphatic rings. The minimum Gasteiger partial charge on any atom is -0.382 e. The third-order valence-electron chi connectivity index (χ3n) is 4.47. The molecule has 2 aromatic carbocycles. The van der Waals surface area contributed by atoms with E-state index in [0.717, 1.165) is 11.1 Å². The Kier molecular flexibility index (Phi) is 6.40. The van der Waals surface area contributed by atoms with Crippen LogP contribution < -0.4 is 0 Å². The van der Waals surface area contributed by atoms with Gasteiger partial charge in [0.1, 0.15) is 18.3 Å². The maximum atomic E-state index is 10.7. The largest absolute Gasteiger partial charge is 0.382 e. The van der Waals surface area contributed by atoms with Crippen LogP contribution in [0, 0.1) is 0 Å². The first-order chi connectivity index (χ1) is 12.6. The van der Waals surface area contributed by atoms with Gasteiger partial charge in [-0.15, -0.1) is 0 Å². The number of hydrogen-bond donors (Lipinski definition) is 1. The van der Waals surface area contributed by atoms with Crippen molar-refractivity contribution in [3.8, 4) is 0 Å². The summed E-state index contributed by atoms with van der Waals surface area (Å²) in [7, 11) is 1.60. The molecule has 5 heteroatoms. The van der Waals surface area contributed by atoms with Crippen molar-refractivity contribution in [3.63, 3.8) is 0 Å². The van der Waals surface area contributed by atoms with Gasteiger partial charge in [0.15, 0.2) is 5.79 Å². The lowest BCUT2D eigenvalue weighted by atomic mass is 10.1. The van der Waals surface area contributed by atoms with Crippen LogP contribution >= 0.6 is 0 Å². The zero-order chi connectivity index (χ0) is 18.4. The van der Waals surface area contributed by atoms with Gasteiger partial charge in [0.2, 0.25) is 0 Å². The monoisotopic (exact) mass is 358 g/mol. The van der Waals surface area contributed by atoms with Crippen LogP contribution in [0.2, 0.25) is 0 Å². The molecular weight excluding hydrogens is 332 g/mol. The topological polar surface area (TPSA) is 57.2 Å². The summed E-state index contributed by atoms with van der Waals surface area (Å²) in [6, 6.07) is 19.7. The molecule has 5 nitrogen and oxygen atoms in total. The second kappa shape index (κ2) is 8.75. The second-order valence-electron chi connectivity index (χ2n) is 6.64. The normalized spacial score (nSPS) is 28.3. The summed E-state index contributed by atoms with van der Waals surface area (Å²) in [5.74, 6) is -1.45. The van der Waals surface area contributed by atoms with Gasteiger partial charge in [-0.1, -0.05) is 60.7 Å². The Labute approximate surface area is 154 Å². The lowest BCUT2D eigenvalue weighted by molar-refractivity contribution is -0.231. The summed E-state index contributed by atoms with van der Waals surface area (Å²) in [5, 5.41) is 10.7. The molecule has 1 saturated heterocycles.